The van der Waals surface area contributed by atoms with Gasteiger partial charge in [-0.1, -0.05) is 0 Å². The fourth-order valence-corrected chi connectivity index (χ4v) is 7.72. The van der Waals surface area contributed by atoms with Gasteiger partial charge in [0.1, 0.15) is 0 Å². The normalized spacial score (nSPS) is 13.8. The molecule has 18 heavy (non-hydrogen) atoms. The first-order valence-electron chi connectivity index (χ1n) is 5.76. The van der Waals surface area contributed by atoms with Crippen LogP contribution in [0.25, 0.3) is 0 Å². The molecule has 0 aliphatic carbocycles. The number of alkyl halides is 3. The van der Waals surface area contributed by atoms with E-state index in [-0.39, 0.29) is 37.4 Å². The fraction of sp³-hybridized carbons (Fsp3) is 0.909. The predicted molar refractivity (Wildman–Crippen MR) is 65.9 cm³/mol. The predicted octanol–water partition coefficient (Wildman–Crippen LogP) is 3.98. The van der Waals surface area contributed by atoms with Gasteiger partial charge in [0, 0.05) is 20.4 Å². The van der Waals surface area contributed by atoms with Gasteiger partial charge in [0.05, 0.1) is 0 Å². The van der Waals surface area contributed by atoms with E-state index in [0.29, 0.717) is 0 Å². The van der Waals surface area contributed by atoms with Gasteiger partial charge in [0.25, 0.3) is 0 Å². The third-order valence-corrected chi connectivity index (χ3v) is 9.16. The summed E-state index contributed by atoms with van der Waals surface area (Å²) in [5.74, 6) is -2.04. The molecule has 0 atom stereocenters. The molecule has 0 unspecified atom stereocenters. The van der Waals surface area contributed by atoms with Crippen molar-refractivity contribution < 1.29 is 42.9 Å². The molecule has 0 aromatic heterocycles. The Bertz CT molecular complexity index is 256. The first-order valence-corrected chi connectivity index (χ1v) is 7.90. The van der Waals surface area contributed by atoms with Gasteiger partial charge in [-0.05, 0) is 0 Å². The first kappa shape index (κ1) is 20.7. The SMILES string of the molecule is CC(C)[PH](OC(=O)C(F)(F)F)(C(C)C)C(C)C.[Pd]. The minimum Gasteiger partial charge on any atom is 0 e. The molecule has 0 rings (SSSR count). The van der Waals surface area contributed by atoms with E-state index in [1.165, 1.54) is 0 Å². The summed E-state index contributed by atoms with van der Waals surface area (Å²) in [6, 6.07) is 0. The van der Waals surface area contributed by atoms with Crippen molar-refractivity contribution in [2.45, 2.75) is 64.7 Å². The van der Waals surface area contributed by atoms with Crippen LogP contribution in [0.4, 0.5) is 13.2 Å². The first-order chi connectivity index (χ1) is 7.46. The van der Waals surface area contributed by atoms with Crippen molar-refractivity contribution in [1.82, 2.24) is 0 Å². The van der Waals surface area contributed by atoms with Gasteiger partial charge in [-0.15, -0.1) is 0 Å². The van der Waals surface area contributed by atoms with Crippen LogP contribution in [0, 0.1) is 0 Å². The molecule has 0 amide bonds. The Balaban J connectivity index is 0. The number of carbonyl (C=O) groups excluding carboxylic acids is 1. The Hall–Kier alpha value is 0.352. The second kappa shape index (κ2) is 7.22. The number of carbonyl (C=O) groups is 1. The molecule has 0 aromatic carbocycles. The molecular formula is C11H22F3O2PPd. The summed E-state index contributed by atoms with van der Waals surface area (Å²) in [5, 5.41) is 0. The average Bonchev–Trinajstić information content (AvgIpc) is 2.09. The third-order valence-electron chi connectivity index (χ3n) is 3.21. The van der Waals surface area contributed by atoms with Crippen molar-refractivity contribution in [1.29, 1.82) is 0 Å². The Morgan fingerprint density at radius 1 is 0.944 bits per heavy atom. The maximum absolute atomic E-state index is 12.3. The zero-order valence-corrected chi connectivity index (χ0v) is 14.1. The van der Waals surface area contributed by atoms with Crippen molar-refractivity contribution in [3.05, 3.63) is 0 Å². The molecule has 0 aliphatic rings. The molecule has 0 spiro atoms. The topological polar surface area (TPSA) is 26.3 Å². The van der Waals surface area contributed by atoms with Gasteiger partial charge in [-0.3, -0.25) is 0 Å². The van der Waals surface area contributed by atoms with E-state index < -0.39 is 19.6 Å². The van der Waals surface area contributed by atoms with Crippen LogP contribution in [0.2, 0.25) is 0 Å². The molecule has 0 heterocycles. The third kappa shape index (κ3) is 4.47. The monoisotopic (exact) mass is 380 g/mol. The number of hydrogen-bond acceptors (Lipinski definition) is 2. The number of hydrogen-bond donors (Lipinski definition) is 0. The van der Waals surface area contributed by atoms with Crippen molar-refractivity contribution in [2.75, 3.05) is 0 Å². The Labute approximate surface area is 121 Å². The van der Waals surface area contributed by atoms with Gasteiger partial charge in [0.2, 0.25) is 0 Å². The van der Waals surface area contributed by atoms with Crippen LogP contribution in [-0.4, -0.2) is 29.1 Å². The quantitative estimate of drug-likeness (QED) is 0.545. The summed E-state index contributed by atoms with van der Waals surface area (Å²) in [7, 11) is -2.77. The zero-order chi connectivity index (χ0) is 14.0. The molecule has 0 fully saturated rings. The molecule has 0 aromatic rings. The summed E-state index contributed by atoms with van der Waals surface area (Å²) in [4.78, 5) is 11.1. The molecular weight excluding hydrogens is 359 g/mol. The molecule has 2 nitrogen and oxygen atoms in total. The maximum atomic E-state index is 12.3. The van der Waals surface area contributed by atoms with Gasteiger partial charge < -0.3 is 0 Å². The average molecular weight is 381 g/mol. The second-order valence-corrected chi connectivity index (χ2v) is 10.6. The van der Waals surface area contributed by atoms with Crippen LogP contribution in [0.5, 0.6) is 0 Å². The molecule has 0 aliphatic heterocycles. The van der Waals surface area contributed by atoms with Crippen LogP contribution < -0.4 is 0 Å². The van der Waals surface area contributed by atoms with Crippen molar-refractivity contribution in [2.24, 2.45) is 0 Å². The molecule has 0 bridgehead atoms. The Morgan fingerprint density at radius 3 is 1.39 bits per heavy atom. The van der Waals surface area contributed by atoms with E-state index in [0.717, 1.165) is 0 Å². The van der Waals surface area contributed by atoms with Crippen molar-refractivity contribution in [3.8, 4) is 0 Å². The summed E-state index contributed by atoms with van der Waals surface area (Å²) in [5.41, 5.74) is -0.142. The standard InChI is InChI=1S/C11H22F3O2P.Pd/c1-7(2)17(8(3)4,9(5)6)16-10(15)11(12,13)14;/h7-9,17H,1-6H3;. The smallest absolute Gasteiger partial charge is 0 e. The molecule has 114 valence electrons. The minimum atomic E-state index is -4.91. The van der Waals surface area contributed by atoms with Gasteiger partial charge in [0.15, 0.2) is 0 Å². The number of rotatable bonds is 4. The largest absolute Gasteiger partial charge is 0 e. The van der Waals surface area contributed by atoms with Crippen molar-refractivity contribution in [3.63, 3.8) is 0 Å². The number of halogens is 3. The molecule has 0 saturated heterocycles. The van der Waals surface area contributed by atoms with Gasteiger partial charge in [-0.25, -0.2) is 0 Å². The van der Waals surface area contributed by atoms with E-state index in [1.54, 1.807) is 0 Å². The summed E-state index contributed by atoms with van der Waals surface area (Å²) in [6.45, 7) is 11.0. The summed E-state index contributed by atoms with van der Waals surface area (Å²) in [6.07, 6.45) is -4.91. The van der Waals surface area contributed by atoms with Gasteiger partial charge >= 0.3 is 101 Å². The van der Waals surface area contributed by atoms with Crippen LogP contribution in [0.15, 0.2) is 0 Å². The van der Waals surface area contributed by atoms with Gasteiger partial charge in [-0.2, -0.15) is 0 Å². The molecule has 0 saturated carbocycles. The molecule has 0 N–H and O–H groups in total. The van der Waals surface area contributed by atoms with E-state index in [2.05, 4.69) is 0 Å². The minimum absolute atomic E-state index is 0. The summed E-state index contributed by atoms with van der Waals surface area (Å²) < 4.78 is 41.9. The van der Waals surface area contributed by atoms with Crippen LogP contribution in [0.1, 0.15) is 41.5 Å². The Morgan fingerprint density at radius 2 is 1.22 bits per heavy atom. The maximum Gasteiger partial charge on any atom is 0 e. The molecule has 7 heteroatoms. The van der Waals surface area contributed by atoms with E-state index in [9.17, 15) is 18.0 Å². The van der Waals surface area contributed by atoms with E-state index in [4.69, 9.17) is 4.52 Å². The second-order valence-electron chi connectivity index (χ2n) is 5.20. The molecule has 0 radical (unpaired) electrons. The van der Waals surface area contributed by atoms with Crippen LogP contribution in [-0.2, 0) is 29.7 Å². The van der Waals surface area contributed by atoms with Crippen molar-refractivity contribution >= 4 is 13.5 Å². The summed E-state index contributed by atoms with van der Waals surface area (Å²) >= 11 is 0. The van der Waals surface area contributed by atoms with Crippen LogP contribution >= 0.6 is 7.49 Å². The Kier molecular flexibility index (Phi) is 8.29. The zero-order valence-electron chi connectivity index (χ0n) is 11.5. The van der Waals surface area contributed by atoms with Crippen LogP contribution in [0.3, 0.4) is 0 Å². The van der Waals surface area contributed by atoms with E-state index >= 15 is 0 Å². The fourth-order valence-electron chi connectivity index (χ4n) is 2.57. The van der Waals surface area contributed by atoms with E-state index in [1.807, 2.05) is 41.5 Å².